The first-order valence-corrected chi connectivity index (χ1v) is 13.8. The van der Waals surface area contributed by atoms with Crippen LogP contribution in [0.5, 0.6) is 0 Å². The standard InChI is InChI=1S/C31H29FN6O4/c32-15-13-22-17-19(14-16-37(22)31(41)42)18-38-26-8-4-3-7-25(26)28(36-38)30(40)33-21-11-9-20(10-12-21)27-23-5-1-2-6-24(23)29(39)35-34-27/h1-12,19,22H,13-18H2,(H,33,40)(H,35,39)(H,41,42). The third-order valence-corrected chi connectivity index (χ3v) is 7.93. The zero-order valence-corrected chi connectivity index (χ0v) is 22.7. The first kappa shape index (κ1) is 27.1. The molecule has 1 fully saturated rings. The molecule has 1 aliphatic heterocycles. The molecule has 214 valence electrons. The van der Waals surface area contributed by atoms with Crippen LogP contribution < -0.4 is 10.9 Å². The summed E-state index contributed by atoms with van der Waals surface area (Å²) in [5, 5.41) is 25.9. The van der Waals surface area contributed by atoms with Crippen LogP contribution in [0.3, 0.4) is 0 Å². The minimum atomic E-state index is -1.02. The molecule has 6 rings (SSSR count). The van der Waals surface area contributed by atoms with Crippen molar-refractivity contribution in [2.45, 2.75) is 31.8 Å². The summed E-state index contributed by atoms with van der Waals surface area (Å²) in [6.07, 6.45) is 0.324. The van der Waals surface area contributed by atoms with Gasteiger partial charge in [-0.05, 0) is 49.4 Å². The Hall–Kier alpha value is -5.06. The zero-order valence-electron chi connectivity index (χ0n) is 22.7. The van der Waals surface area contributed by atoms with Crippen LogP contribution >= 0.6 is 0 Å². The maximum absolute atomic E-state index is 13.4. The molecule has 0 spiro atoms. The predicted octanol–water partition coefficient (Wildman–Crippen LogP) is 5.31. The van der Waals surface area contributed by atoms with E-state index in [1.165, 1.54) is 4.90 Å². The van der Waals surface area contributed by atoms with E-state index in [2.05, 4.69) is 20.6 Å². The highest BCUT2D eigenvalue weighted by Gasteiger charge is 2.32. The van der Waals surface area contributed by atoms with Gasteiger partial charge in [-0.2, -0.15) is 10.2 Å². The second kappa shape index (κ2) is 11.4. The smallest absolute Gasteiger partial charge is 0.407 e. The number of H-pyrrole nitrogens is 1. The van der Waals surface area contributed by atoms with Crippen LogP contribution in [0.25, 0.3) is 32.9 Å². The van der Waals surface area contributed by atoms with E-state index in [1.54, 1.807) is 28.9 Å². The van der Waals surface area contributed by atoms with E-state index < -0.39 is 12.8 Å². The van der Waals surface area contributed by atoms with Crippen molar-refractivity contribution >= 4 is 39.4 Å². The number of aromatic nitrogens is 4. The SMILES string of the molecule is O=C(Nc1ccc(-c2n[nH]c(=O)c3ccccc23)cc1)c1nn(CC2CCN(C(=O)O)C(CCF)C2)c2ccccc12. The Morgan fingerprint density at radius 1 is 1.00 bits per heavy atom. The molecule has 2 unspecified atom stereocenters. The zero-order chi connectivity index (χ0) is 29.2. The van der Waals surface area contributed by atoms with E-state index in [9.17, 15) is 23.9 Å². The average Bonchev–Trinajstić information content (AvgIpc) is 3.37. The summed E-state index contributed by atoms with van der Waals surface area (Å²) in [6.45, 7) is 0.269. The molecule has 3 aromatic carbocycles. The molecule has 0 aliphatic carbocycles. The number of nitrogens with one attached hydrogen (secondary N) is 2. The molecule has 42 heavy (non-hydrogen) atoms. The summed E-state index contributed by atoms with van der Waals surface area (Å²) in [6, 6.07) is 21.6. The average molecular weight is 569 g/mol. The minimum absolute atomic E-state index is 0.0986. The fourth-order valence-corrected chi connectivity index (χ4v) is 5.87. The molecule has 2 aromatic heterocycles. The van der Waals surface area contributed by atoms with E-state index >= 15 is 0 Å². The van der Waals surface area contributed by atoms with Gasteiger partial charge in [0.05, 0.1) is 23.3 Å². The molecule has 3 N–H and O–H groups in total. The van der Waals surface area contributed by atoms with Crippen molar-refractivity contribution in [3.05, 3.63) is 88.8 Å². The Morgan fingerprint density at radius 2 is 1.71 bits per heavy atom. The summed E-state index contributed by atoms with van der Waals surface area (Å²) < 4.78 is 14.9. The molecular formula is C31H29FN6O4. The van der Waals surface area contributed by atoms with Crippen molar-refractivity contribution in [3.63, 3.8) is 0 Å². The largest absolute Gasteiger partial charge is 0.465 e. The molecule has 11 heteroatoms. The second-order valence-electron chi connectivity index (χ2n) is 10.5. The van der Waals surface area contributed by atoms with Gasteiger partial charge >= 0.3 is 6.09 Å². The number of likely N-dealkylation sites (tertiary alicyclic amines) is 1. The summed E-state index contributed by atoms with van der Waals surface area (Å²) in [4.78, 5) is 38.5. The second-order valence-corrected chi connectivity index (χ2v) is 10.5. The monoisotopic (exact) mass is 568 g/mol. The van der Waals surface area contributed by atoms with Crippen LogP contribution in [-0.4, -0.2) is 61.2 Å². The van der Waals surface area contributed by atoms with Gasteiger partial charge < -0.3 is 15.3 Å². The predicted molar refractivity (Wildman–Crippen MR) is 157 cm³/mol. The highest BCUT2D eigenvalue weighted by molar-refractivity contribution is 6.11. The number of hydrogen-bond donors (Lipinski definition) is 3. The van der Waals surface area contributed by atoms with E-state index in [0.29, 0.717) is 48.1 Å². The lowest BCUT2D eigenvalue weighted by molar-refractivity contribution is 0.0789. The maximum atomic E-state index is 13.4. The first-order valence-electron chi connectivity index (χ1n) is 13.8. The van der Waals surface area contributed by atoms with Gasteiger partial charge in [0.15, 0.2) is 5.69 Å². The first-order chi connectivity index (χ1) is 20.4. The Bertz CT molecular complexity index is 1830. The molecule has 0 saturated carbocycles. The molecule has 5 aromatic rings. The van der Waals surface area contributed by atoms with Crippen molar-refractivity contribution < 1.29 is 19.1 Å². The number of halogens is 1. The van der Waals surface area contributed by atoms with Gasteiger partial charge in [-0.25, -0.2) is 9.89 Å². The molecule has 1 aliphatic rings. The highest BCUT2D eigenvalue weighted by Crippen LogP contribution is 2.29. The molecule has 2 atom stereocenters. The number of carbonyl (C=O) groups is 2. The number of carboxylic acid groups (broad SMARTS) is 1. The lowest BCUT2D eigenvalue weighted by atomic mass is 9.89. The Morgan fingerprint density at radius 3 is 2.45 bits per heavy atom. The van der Waals surface area contributed by atoms with Gasteiger partial charge in [0.2, 0.25) is 0 Å². The molecule has 0 bridgehead atoms. The molecular weight excluding hydrogens is 539 g/mol. The Kier molecular flexibility index (Phi) is 7.39. The lowest BCUT2D eigenvalue weighted by Gasteiger charge is -2.37. The van der Waals surface area contributed by atoms with Gasteiger partial charge in [-0.15, -0.1) is 0 Å². The quantitative estimate of drug-likeness (QED) is 0.244. The summed E-state index contributed by atoms with van der Waals surface area (Å²) in [5.74, 6) is -0.261. The summed E-state index contributed by atoms with van der Waals surface area (Å²) >= 11 is 0. The number of carbonyl (C=O) groups excluding carboxylic acids is 1. The van der Waals surface area contributed by atoms with Crippen molar-refractivity contribution in [1.29, 1.82) is 0 Å². The molecule has 2 amide bonds. The van der Waals surface area contributed by atoms with Gasteiger partial charge in [-0.3, -0.25) is 18.7 Å². The molecule has 3 heterocycles. The van der Waals surface area contributed by atoms with Crippen LogP contribution in [0.2, 0.25) is 0 Å². The number of hydrogen-bond acceptors (Lipinski definition) is 5. The number of aromatic amines is 1. The summed E-state index contributed by atoms with van der Waals surface area (Å²) in [7, 11) is 0. The Labute approximate surface area is 239 Å². The normalized spacial score (nSPS) is 17.0. The third-order valence-electron chi connectivity index (χ3n) is 7.93. The van der Waals surface area contributed by atoms with Crippen molar-refractivity contribution in [3.8, 4) is 11.3 Å². The highest BCUT2D eigenvalue weighted by atomic mass is 19.1. The third kappa shape index (κ3) is 5.20. The number of nitrogens with zero attached hydrogens (tertiary/aromatic N) is 4. The fraction of sp³-hybridized carbons (Fsp3) is 0.258. The lowest BCUT2D eigenvalue weighted by Crippen LogP contribution is -2.46. The minimum Gasteiger partial charge on any atom is -0.465 e. The number of fused-ring (bicyclic) bond motifs is 2. The van der Waals surface area contributed by atoms with E-state index in [0.717, 1.165) is 16.5 Å². The van der Waals surface area contributed by atoms with Gasteiger partial charge in [0.25, 0.3) is 11.5 Å². The number of amides is 2. The van der Waals surface area contributed by atoms with Crippen LogP contribution in [0.1, 0.15) is 29.8 Å². The topological polar surface area (TPSA) is 133 Å². The molecule has 0 radical (unpaired) electrons. The number of piperidine rings is 1. The summed E-state index contributed by atoms with van der Waals surface area (Å²) in [5.41, 5.74) is 2.83. The van der Waals surface area contributed by atoms with Gasteiger partial charge in [0, 0.05) is 41.2 Å². The van der Waals surface area contributed by atoms with Gasteiger partial charge in [-0.1, -0.05) is 48.5 Å². The maximum Gasteiger partial charge on any atom is 0.407 e. The van der Waals surface area contributed by atoms with E-state index in [-0.39, 0.29) is 35.5 Å². The molecule has 10 nitrogen and oxygen atoms in total. The van der Waals surface area contributed by atoms with Crippen LogP contribution in [0.15, 0.2) is 77.6 Å². The van der Waals surface area contributed by atoms with Crippen LogP contribution in [0.4, 0.5) is 14.9 Å². The number of alkyl halides is 1. The van der Waals surface area contributed by atoms with Crippen molar-refractivity contribution in [2.24, 2.45) is 5.92 Å². The number of anilines is 1. The number of benzene rings is 3. The Balaban J connectivity index is 1.21. The van der Waals surface area contributed by atoms with Gasteiger partial charge in [0.1, 0.15) is 0 Å². The van der Waals surface area contributed by atoms with Crippen LogP contribution in [0, 0.1) is 5.92 Å². The van der Waals surface area contributed by atoms with Crippen molar-refractivity contribution in [1.82, 2.24) is 24.9 Å². The number of para-hydroxylation sites is 1. The molecule has 1 saturated heterocycles. The van der Waals surface area contributed by atoms with E-state index in [4.69, 9.17) is 0 Å². The number of rotatable bonds is 7. The van der Waals surface area contributed by atoms with E-state index in [1.807, 2.05) is 48.5 Å². The van der Waals surface area contributed by atoms with Crippen LogP contribution in [-0.2, 0) is 6.54 Å². The fourth-order valence-electron chi connectivity index (χ4n) is 5.87. The van der Waals surface area contributed by atoms with Crippen molar-refractivity contribution in [2.75, 3.05) is 18.5 Å².